The van der Waals surface area contributed by atoms with Crippen LogP contribution in [0.1, 0.15) is 11.8 Å². The van der Waals surface area contributed by atoms with Gasteiger partial charge in [-0.15, -0.1) is 11.3 Å². The number of aryl methyl sites for hydroxylation is 1. The molecule has 0 radical (unpaired) electrons. The number of hydrogen-bond donors (Lipinski definition) is 1. The van der Waals surface area contributed by atoms with Gasteiger partial charge in [-0.1, -0.05) is 13.0 Å². The average molecular weight is 331 g/mol. The molecular weight excluding hydrogens is 321 g/mol. The summed E-state index contributed by atoms with van der Waals surface area (Å²) in [7, 11) is -4.04. The number of nitrogens with zero attached hydrogens (tertiary/aromatic N) is 2. The van der Waals surface area contributed by atoms with Crippen molar-refractivity contribution in [2.75, 3.05) is 4.72 Å². The topological polar surface area (TPSA) is 102 Å². The van der Waals surface area contributed by atoms with Gasteiger partial charge in [0.05, 0.1) is 9.80 Å². The van der Waals surface area contributed by atoms with E-state index in [4.69, 9.17) is 0 Å². The molecule has 1 N–H and O–H groups in total. The number of anilines is 1. The quantitative estimate of drug-likeness (QED) is 0.515. The highest BCUT2D eigenvalue weighted by Gasteiger charge is 2.25. The van der Waals surface area contributed by atoms with Gasteiger partial charge in [-0.25, -0.2) is 13.4 Å². The predicted octanol–water partition coefficient (Wildman–Crippen LogP) is 2.55. The maximum atomic E-state index is 12.9. The Labute approximate surface area is 123 Å². The lowest BCUT2D eigenvalue weighted by molar-refractivity contribution is -0.385. The summed E-state index contributed by atoms with van der Waals surface area (Å²) >= 11 is 0.805. The summed E-state index contributed by atoms with van der Waals surface area (Å²) in [5.41, 5.74) is -0.241. The van der Waals surface area contributed by atoms with Crippen LogP contribution >= 0.6 is 11.3 Å². The second-order valence-electron chi connectivity index (χ2n) is 3.94. The molecule has 2 aromatic heterocycles. The molecule has 7 nitrogen and oxygen atoms in total. The van der Waals surface area contributed by atoms with E-state index in [1.807, 2.05) is 0 Å². The zero-order valence-electron chi connectivity index (χ0n) is 10.7. The van der Waals surface area contributed by atoms with Gasteiger partial charge in [0.2, 0.25) is 5.95 Å². The Morgan fingerprint density at radius 3 is 2.71 bits per heavy atom. The van der Waals surface area contributed by atoms with Crippen LogP contribution in [0.2, 0.25) is 0 Å². The normalized spacial score (nSPS) is 11.3. The Bertz CT molecular complexity index is 789. The molecule has 0 saturated heterocycles. The van der Waals surface area contributed by atoms with Gasteiger partial charge in [-0.2, -0.15) is 4.39 Å². The molecule has 0 aliphatic heterocycles. The maximum absolute atomic E-state index is 12.9. The van der Waals surface area contributed by atoms with E-state index in [-0.39, 0.29) is 15.7 Å². The number of rotatable bonds is 5. The highest BCUT2D eigenvalue weighted by atomic mass is 32.2. The molecule has 2 heterocycles. The third-order valence-corrected chi connectivity index (χ3v) is 5.60. The van der Waals surface area contributed by atoms with Gasteiger partial charge in [-0.05, 0) is 18.6 Å². The van der Waals surface area contributed by atoms with Crippen LogP contribution in [0.5, 0.6) is 0 Å². The van der Waals surface area contributed by atoms with E-state index < -0.39 is 20.9 Å². The smallest absolute Gasteiger partial charge is 0.263 e. The summed E-state index contributed by atoms with van der Waals surface area (Å²) in [5, 5.41) is 10.9. The first-order valence-corrected chi connectivity index (χ1v) is 8.06. The number of halogens is 1. The Morgan fingerprint density at radius 2 is 2.19 bits per heavy atom. The molecule has 2 aromatic rings. The number of nitrogens with one attached hydrogen (secondary N) is 1. The summed E-state index contributed by atoms with van der Waals surface area (Å²) in [6, 6.07) is 4.64. The van der Waals surface area contributed by atoms with E-state index in [2.05, 4.69) is 9.71 Å². The molecule has 0 fully saturated rings. The first-order chi connectivity index (χ1) is 9.83. The Balaban J connectivity index is 2.38. The molecule has 0 aromatic carbocycles. The average Bonchev–Trinajstić information content (AvgIpc) is 2.83. The van der Waals surface area contributed by atoms with Gasteiger partial charge >= 0.3 is 0 Å². The van der Waals surface area contributed by atoms with E-state index in [1.165, 1.54) is 12.1 Å². The molecule has 21 heavy (non-hydrogen) atoms. The van der Waals surface area contributed by atoms with Crippen molar-refractivity contribution in [1.29, 1.82) is 0 Å². The number of nitro groups is 1. The monoisotopic (exact) mass is 331 g/mol. The number of sulfonamides is 1. The third-order valence-electron chi connectivity index (χ3n) is 2.50. The third kappa shape index (κ3) is 3.34. The molecule has 0 saturated carbocycles. The Hall–Kier alpha value is -2.07. The number of pyridine rings is 1. The van der Waals surface area contributed by atoms with Crippen molar-refractivity contribution in [3.8, 4) is 0 Å². The second kappa shape index (κ2) is 5.74. The Kier molecular flexibility index (Phi) is 4.19. The van der Waals surface area contributed by atoms with Crippen LogP contribution in [0.15, 0.2) is 28.5 Å². The highest BCUT2D eigenvalue weighted by molar-refractivity contribution is 7.94. The van der Waals surface area contributed by atoms with Crippen molar-refractivity contribution in [1.82, 2.24) is 4.98 Å². The molecule has 0 unspecified atom stereocenters. The highest BCUT2D eigenvalue weighted by Crippen LogP contribution is 2.33. The fourth-order valence-electron chi connectivity index (χ4n) is 1.59. The predicted molar refractivity (Wildman–Crippen MR) is 75.4 cm³/mol. The summed E-state index contributed by atoms with van der Waals surface area (Å²) in [6.07, 6.45) is 0.342. The van der Waals surface area contributed by atoms with E-state index >= 15 is 0 Å². The van der Waals surface area contributed by atoms with Crippen LogP contribution in [0.3, 0.4) is 0 Å². The van der Waals surface area contributed by atoms with Crippen LogP contribution in [0.4, 0.5) is 15.9 Å². The van der Waals surface area contributed by atoms with Crippen LogP contribution in [0.25, 0.3) is 0 Å². The van der Waals surface area contributed by atoms with Gasteiger partial charge in [0.15, 0.2) is 0 Å². The maximum Gasteiger partial charge on any atom is 0.284 e. The van der Waals surface area contributed by atoms with Crippen molar-refractivity contribution < 1.29 is 17.7 Å². The minimum Gasteiger partial charge on any atom is -0.263 e. The molecule has 112 valence electrons. The van der Waals surface area contributed by atoms with Crippen molar-refractivity contribution in [3.63, 3.8) is 0 Å². The molecule has 10 heteroatoms. The molecule has 0 atom stereocenters. The van der Waals surface area contributed by atoms with Crippen molar-refractivity contribution >= 4 is 32.9 Å². The van der Waals surface area contributed by atoms with Crippen LogP contribution in [0, 0.1) is 16.1 Å². The minimum atomic E-state index is -4.04. The van der Waals surface area contributed by atoms with Gasteiger partial charge in [0.1, 0.15) is 10.0 Å². The fourth-order valence-corrected chi connectivity index (χ4v) is 4.01. The summed E-state index contributed by atoms with van der Waals surface area (Å²) in [4.78, 5) is 14.0. The van der Waals surface area contributed by atoms with Crippen molar-refractivity contribution in [3.05, 3.63) is 45.2 Å². The lowest BCUT2D eigenvalue weighted by Gasteiger charge is -2.04. The van der Waals surface area contributed by atoms with E-state index in [9.17, 15) is 22.9 Å². The largest absolute Gasteiger partial charge is 0.284 e. The van der Waals surface area contributed by atoms with E-state index in [0.29, 0.717) is 11.3 Å². The molecule has 0 aliphatic rings. The summed E-state index contributed by atoms with van der Waals surface area (Å²) in [6.45, 7) is 1.69. The van der Waals surface area contributed by atoms with E-state index in [0.717, 1.165) is 23.5 Å². The molecular formula is C11H10FN3O4S2. The standard InChI is InChI=1S/C11H10FN3O4S2/c1-2-8-7(15(16)17)6-11(20-8)21(18,19)14-10-5-3-4-9(12)13-10/h3-6H,2H2,1H3,(H,13,14). The number of aromatic nitrogens is 1. The van der Waals surface area contributed by atoms with Crippen molar-refractivity contribution in [2.24, 2.45) is 0 Å². The van der Waals surface area contributed by atoms with Gasteiger partial charge in [0.25, 0.3) is 15.7 Å². The van der Waals surface area contributed by atoms with Crippen LogP contribution < -0.4 is 4.72 Å². The lowest BCUT2D eigenvalue weighted by atomic mass is 10.3. The SMILES string of the molecule is CCc1sc(S(=O)(=O)Nc2cccc(F)n2)cc1[N+](=O)[O-]. The summed E-state index contributed by atoms with van der Waals surface area (Å²) < 4.78 is 39.1. The van der Waals surface area contributed by atoms with Crippen LogP contribution in [-0.4, -0.2) is 18.3 Å². The summed E-state index contributed by atoms with van der Waals surface area (Å²) in [5.74, 6) is -1.02. The molecule has 2 rings (SSSR count). The first kappa shape index (κ1) is 15.3. The molecule has 0 spiro atoms. The van der Waals surface area contributed by atoms with Gasteiger partial charge < -0.3 is 0 Å². The zero-order chi connectivity index (χ0) is 15.6. The zero-order valence-corrected chi connectivity index (χ0v) is 12.4. The van der Waals surface area contributed by atoms with E-state index in [1.54, 1.807) is 6.92 Å². The van der Waals surface area contributed by atoms with Gasteiger partial charge in [-0.3, -0.25) is 14.8 Å². The van der Waals surface area contributed by atoms with Crippen molar-refractivity contribution in [2.45, 2.75) is 17.6 Å². The van der Waals surface area contributed by atoms with Gasteiger partial charge in [0, 0.05) is 6.07 Å². The first-order valence-electron chi connectivity index (χ1n) is 5.76. The van der Waals surface area contributed by atoms with Crippen LogP contribution in [-0.2, 0) is 16.4 Å². The number of hydrogen-bond acceptors (Lipinski definition) is 6. The molecule has 0 aliphatic carbocycles. The lowest BCUT2D eigenvalue weighted by Crippen LogP contribution is -2.12. The Morgan fingerprint density at radius 1 is 1.48 bits per heavy atom. The molecule has 0 bridgehead atoms. The minimum absolute atomic E-state index is 0.191. The number of thiophene rings is 1. The molecule has 0 amide bonds. The second-order valence-corrected chi connectivity index (χ2v) is 6.98. The fraction of sp³-hybridized carbons (Fsp3) is 0.182.